The minimum atomic E-state index is -0.918. The van der Waals surface area contributed by atoms with Crippen LogP contribution in [0.25, 0.3) is 0 Å². The van der Waals surface area contributed by atoms with Gasteiger partial charge in [0, 0.05) is 30.6 Å². The summed E-state index contributed by atoms with van der Waals surface area (Å²) in [6.07, 6.45) is 3.88. The number of hydrogen-bond donors (Lipinski definition) is 1. The van der Waals surface area contributed by atoms with Crippen molar-refractivity contribution < 1.29 is 19.4 Å². The summed E-state index contributed by atoms with van der Waals surface area (Å²) in [4.78, 5) is 27.5. The number of nitrogens with zero attached hydrogens (tertiary/aromatic N) is 2. The van der Waals surface area contributed by atoms with Crippen molar-refractivity contribution in [2.24, 2.45) is 5.92 Å². The molecule has 1 N–H and O–H groups in total. The number of carbonyl (C=O) groups is 2. The van der Waals surface area contributed by atoms with E-state index >= 15 is 0 Å². The smallest absolute Gasteiger partial charge is 0.410 e. The molecule has 0 bridgehead atoms. The molecule has 0 spiro atoms. The van der Waals surface area contributed by atoms with Crippen molar-refractivity contribution in [1.82, 2.24) is 9.80 Å². The summed E-state index contributed by atoms with van der Waals surface area (Å²) in [6.45, 7) is 9.28. The predicted octanol–water partition coefficient (Wildman–Crippen LogP) is 3.85. The lowest BCUT2D eigenvalue weighted by Gasteiger charge is -2.41. The maximum atomic E-state index is 12.2. The van der Waals surface area contributed by atoms with Gasteiger partial charge in [-0.3, -0.25) is 0 Å². The first-order valence-electron chi connectivity index (χ1n) is 10.8. The van der Waals surface area contributed by atoms with Gasteiger partial charge in [0.2, 0.25) is 0 Å². The van der Waals surface area contributed by atoms with E-state index in [4.69, 9.17) is 9.84 Å². The summed E-state index contributed by atoms with van der Waals surface area (Å²) in [5.41, 5.74) is 0.693. The number of carboxylic acids is 1. The topological polar surface area (TPSA) is 70.1 Å². The van der Waals surface area contributed by atoms with Crippen LogP contribution in [-0.2, 0) is 4.74 Å². The van der Waals surface area contributed by atoms with Crippen molar-refractivity contribution in [3.05, 3.63) is 35.4 Å². The normalized spacial score (nSPS) is 19.1. The van der Waals surface area contributed by atoms with Gasteiger partial charge in [0.25, 0.3) is 0 Å². The Bertz CT molecular complexity index is 800. The minimum absolute atomic E-state index is 0.202. The van der Waals surface area contributed by atoms with E-state index in [0.717, 1.165) is 57.4 Å². The molecule has 2 fully saturated rings. The fourth-order valence-corrected chi connectivity index (χ4v) is 4.03. The second kappa shape index (κ2) is 9.53. The van der Waals surface area contributed by atoms with E-state index in [-0.39, 0.29) is 11.7 Å². The van der Waals surface area contributed by atoms with Crippen molar-refractivity contribution in [3.8, 4) is 11.8 Å². The Morgan fingerprint density at radius 3 is 2.13 bits per heavy atom. The molecule has 2 heterocycles. The first-order chi connectivity index (χ1) is 14.2. The van der Waals surface area contributed by atoms with Gasteiger partial charge in [0.1, 0.15) is 5.60 Å². The molecular formula is C24H32N2O4. The molecule has 0 saturated carbocycles. The molecule has 6 heteroatoms. The van der Waals surface area contributed by atoms with Gasteiger partial charge >= 0.3 is 12.1 Å². The molecule has 0 radical (unpaired) electrons. The molecule has 0 aliphatic carbocycles. The van der Waals surface area contributed by atoms with E-state index in [9.17, 15) is 9.59 Å². The van der Waals surface area contributed by atoms with Crippen LogP contribution < -0.4 is 0 Å². The van der Waals surface area contributed by atoms with E-state index < -0.39 is 11.6 Å². The van der Waals surface area contributed by atoms with Crippen molar-refractivity contribution in [2.75, 3.05) is 26.2 Å². The first kappa shape index (κ1) is 22.2. The fraction of sp³-hybridized carbons (Fsp3) is 0.583. The summed E-state index contributed by atoms with van der Waals surface area (Å²) in [6, 6.07) is 7.26. The summed E-state index contributed by atoms with van der Waals surface area (Å²) in [5.74, 6) is 6.01. The molecule has 0 atom stereocenters. The number of carboxylic acid groups (broad SMARTS) is 1. The Balaban J connectivity index is 1.43. The Morgan fingerprint density at radius 2 is 1.60 bits per heavy atom. The number of ether oxygens (including phenoxy) is 1. The van der Waals surface area contributed by atoms with Crippen LogP contribution in [0.1, 0.15) is 62.4 Å². The number of piperidine rings is 2. The monoisotopic (exact) mass is 412 g/mol. The molecular weight excluding hydrogens is 380 g/mol. The van der Waals surface area contributed by atoms with Crippen LogP contribution in [0.5, 0.6) is 0 Å². The van der Waals surface area contributed by atoms with E-state index in [1.807, 2.05) is 25.7 Å². The average Bonchev–Trinajstić information content (AvgIpc) is 2.72. The fourth-order valence-electron chi connectivity index (χ4n) is 4.03. The van der Waals surface area contributed by atoms with Crippen molar-refractivity contribution in [1.29, 1.82) is 0 Å². The van der Waals surface area contributed by atoms with Crippen LogP contribution in [-0.4, -0.2) is 64.8 Å². The van der Waals surface area contributed by atoms with Gasteiger partial charge in [-0.2, -0.15) is 0 Å². The number of likely N-dealkylation sites (tertiary alicyclic amines) is 2. The predicted molar refractivity (Wildman–Crippen MR) is 115 cm³/mol. The molecule has 3 rings (SSSR count). The molecule has 2 aliphatic heterocycles. The quantitative estimate of drug-likeness (QED) is 0.747. The molecule has 6 nitrogen and oxygen atoms in total. The third-order valence-electron chi connectivity index (χ3n) is 5.71. The highest BCUT2D eigenvalue weighted by molar-refractivity contribution is 5.87. The molecule has 1 amide bonds. The van der Waals surface area contributed by atoms with Crippen LogP contribution >= 0.6 is 0 Å². The Hall–Kier alpha value is -2.52. The van der Waals surface area contributed by atoms with Gasteiger partial charge < -0.3 is 19.6 Å². The average molecular weight is 413 g/mol. The molecule has 2 saturated heterocycles. The van der Waals surface area contributed by atoms with Crippen LogP contribution in [0.3, 0.4) is 0 Å². The number of aromatic carboxylic acids is 1. The second-order valence-corrected chi connectivity index (χ2v) is 9.16. The van der Waals surface area contributed by atoms with Crippen molar-refractivity contribution in [2.45, 2.75) is 58.1 Å². The van der Waals surface area contributed by atoms with Gasteiger partial charge in [-0.05, 0) is 83.8 Å². The van der Waals surface area contributed by atoms with Gasteiger partial charge in [-0.25, -0.2) is 9.59 Å². The van der Waals surface area contributed by atoms with Crippen LogP contribution in [0, 0.1) is 17.8 Å². The number of hydrogen-bond acceptors (Lipinski definition) is 4. The molecule has 1 aromatic carbocycles. The lowest BCUT2D eigenvalue weighted by molar-refractivity contribution is 0.0125. The zero-order chi connectivity index (χ0) is 21.7. The molecule has 162 valence electrons. The molecule has 0 unspecified atom stereocenters. The number of benzene rings is 1. The first-order valence-corrected chi connectivity index (χ1v) is 10.8. The highest BCUT2D eigenvalue weighted by Crippen LogP contribution is 2.24. The molecule has 30 heavy (non-hydrogen) atoms. The van der Waals surface area contributed by atoms with Gasteiger partial charge in [-0.1, -0.05) is 11.8 Å². The standard InChI is InChI=1S/C24H32N2O4/c1-24(2,3)30-23(29)26-16-12-21(13-17-26)25-14-10-19(11-15-25)5-4-18-6-8-20(9-7-18)22(27)28/h6-9,19,21H,10-17H2,1-3H3,(H,27,28). The number of amides is 1. The Morgan fingerprint density at radius 1 is 1.00 bits per heavy atom. The largest absolute Gasteiger partial charge is 0.478 e. The maximum absolute atomic E-state index is 12.2. The highest BCUT2D eigenvalue weighted by atomic mass is 16.6. The van der Waals surface area contributed by atoms with Gasteiger partial charge in [0.15, 0.2) is 0 Å². The van der Waals surface area contributed by atoms with Gasteiger partial charge in [-0.15, -0.1) is 0 Å². The summed E-state index contributed by atoms with van der Waals surface area (Å²) in [7, 11) is 0. The number of carbonyl (C=O) groups excluding carboxylic acids is 1. The van der Waals surface area contributed by atoms with Crippen LogP contribution in [0.2, 0.25) is 0 Å². The summed E-state index contributed by atoms with van der Waals surface area (Å²) < 4.78 is 5.48. The summed E-state index contributed by atoms with van der Waals surface area (Å²) in [5, 5.41) is 8.96. The van der Waals surface area contributed by atoms with E-state index in [2.05, 4.69) is 16.7 Å². The maximum Gasteiger partial charge on any atom is 0.410 e. The van der Waals surface area contributed by atoms with Crippen LogP contribution in [0.4, 0.5) is 4.79 Å². The Labute approximate surface area is 179 Å². The highest BCUT2D eigenvalue weighted by Gasteiger charge is 2.31. The van der Waals surface area contributed by atoms with Crippen molar-refractivity contribution in [3.63, 3.8) is 0 Å². The molecule has 1 aromatic rings. The lowest BCUT2D eigenvalue weighted by atomic mass is 9.93. The molecule has 0 aromatic heterocycles. The minimum Gasteiger partial charge on any atom is -0.478 e. The summed E-state index contributed by atoms with van der Waals surface area (Å²) >= 11 is 0. The molecule has 2 aliphatic rings. The Kier molecular flexibility index (Phi) is 7.04. The second-order valence-electron chi connectivity index (χ2n) is 9.16. The zero-order valence-corrected chi connectivity index (χ0v) is 18.2. The van der Waals surface area contributed by atoms with E-state index in [0.29, 0.717) is 12.0 Å². The van der Waals surface area contributed by atoms with Crippen LogP contribution in [0.15, 0.2) is 24.3 Å². The van der Waals surface area contributed by atoms with Gasteiger partial charge in [0.05, 0.1) is 5.56 Å². The zero-order valence-electron chi connectivity index (χ0n) is 18.2. The van der Waals surface area contributed by atoms with E-state index in [1.165, 1.54) is 0 Å². The third-order valence-corrected chi connectivity index (χ3v) is 5.71. The van der Waals surface area contributed by atoms with E-state index in [1.54, 1.807) is 24.3 Å². The lowest BCUT2D eigenvalue weighted by Crippen LogP contribution is -2.49. The number of rotatable bonds is 2. The third kappa shape index (κ3) is 6.24. The van der Waals surface area contributed by atoms with Crippen molar-refractivity contribution >= 4 is 12.1 Å². The SMILES string of the molecule is CC(C)(C)OC(=O)N1CCC(N2CCC(C#Cc3ccc(C(=O)O)cc3)CC2)CC1.